The van der Waals surface area contributed by atoms with Gasteiger partial charge >= 0.3 is 0 Å². The van der Waals surface area contributed by atoms with E-state index in [1.54, 1.807) is 0 Å². The second-order valence-electron chi connectivity index (χ2n) is 6.29. The summed E-state index contributed by atoms with van der Waals surface area (Å²) in [5.41, 5.74) is 1.46. The Bertz CT molecular complexity index is 929. The Morgan fingerprint density at radius 1 is 0.923 bits per heavy atom. The molecule has 1 amide bonds. The highest BCUT2D eigenvalue weighted by molar-refractivity contribution is 5.98. The lowest BCUT2D eigenvalue weighted by atomic mass is 9.99. The topological polar surface area (TPSA) is 46.2 Å². The van der Waals surface area contributed by atoms with Crippen LogP contribution in [-0.4, -0.2) is 11.7 Å². The molecule has 0 aliphatic carbocycles. The third kappa shape index (κ3) is 4.14. The van der Waals surface area contributed by atoms with E-state index in [-0.39, 0.29) is 36.4 Å². The Morgan fingerprint density at radius 2 is 1.62 bits per heavy atom. The van der Waals surface area contributed by atoms with Crippen molar-refractivity contribution in [3.63, 3.8) is 0 Å². The van der Waals surface area contributed by atoms with Gasteiger partial charge in [-0.2, -0.15) is 0 Å². The van der Waals surface area contributed by atoms with Crippen LogP contribution in [0.15, 0.2) is 66.7 Å². The fourth-order valence-electron chi connectivity index (χ4n) is 3.03. The van der Waals surface area contributed by atoms with Crippen LogP contribution in [0.2, 0.25) is 0 Å². The highest BCUT2D eigenvalue weighted by atomic mass is 19.1. The highest BCUT2D eigenvalue weighted by Gasteiger charge is 2.14. The monoisotopic (exact) mass is 349 g/mol. The maximum absolute atomic E-state index is 12.9. The van der Waals surface area contributed by atoms with E-state index in [2.05, 4.69) is 5.32 Å². The van der Waals surface area contributed by atoms with Crippen LogP contribution in [0.1, 0.15) is 41.7 Å². The van der Waals surface area contributed by atoms with Gasteiger partial charge in [0.25, 0.3) is 0 Å². The molecule has 0 saturated heterocycles. The first kappa shape index (κ1) is 17.8. The van der Waals surface area contributed by atoms with Crippen LogP contribution in [-0.2, 0) is 4.79 Å². The number of fused-ring (bicyclic) bond motifs is 1. The summed E-state index contributed by atoms with van der Waals surface area (Å²) in [6, 6.07) is 19.2. The minimum atomic E-state index is -0.386. The molecule has 0 saturated carbocycles. The fourth-order valence-corrected chi connectivity index (χ4v) is 3.03. The molecule has 4 heteroatoms. The van der Waals surface area contributed by atoms with E-state index in [9.17, 15) is 14.0 Å². The number of carbonyl (C=O) groups excluding carboxylic acids is 2. The summed E-state index contributed by atoms with van der Waals surface area (Å²) < 4.78 is 12.9. The molecule has 1 N–H and O–H groups in total. The van der Waals surface area contributed by atoms with Crippen LogP contribution >= 0.6 is 0 Å². The molecule has 3 rings (SSSR count). The zero-order chi connectivity index (χ0) is 18.5. The number of ketones is 1. The van der Waals surface area contributed by atoms with E-state index in [1.165, 1.54) is 24.3 Å². The molecule has 132 valence electrons. The van der Waals surface area contributed by atoms with Gasteiger partial charge in [0.15, 0.2) is 5.78 Å². The van der Waals surface area contributed by atoms with Gasteiger partial charge in [-0.05, 0) is 47.5 Å². The van der Waals surface area contributed by atoms with Crippen molar-refractivity contribution in [3.8, 4) is 0 Å². The van der Waals surface area contributed by atoms with Gasteiger partial charge < -0.3 is 5.32 Å². The van der Waals surface area contributed by atoms with E-state index < -0.39 is 0 Å². The normalized spacial score (nSPS) is 11.9. The van der Waals surface area contributed by atoms with E-state index in [0.717, 1.165) is 16.3 Å². The van der Waals surface area contributed by atoms with Crippen LogP contribution in [0, 0.1) is 5.82 Å². The summed E-state index contributed by atoms with van der Waals surface area (Å²) in [5, 5.41) is 5.18. The first-order chi connectivity index (χ1) is 12.5. The number of hydrogen-bond acceptors (Lipinski definition) is 2. The zero-order valence-electron chi connectivity index (χ0n) is 14.5. The predicted molar refractivity (Wildman–Crippen MR) is 100 cm³/mol. The lowest BCUT2D eigenvalue weighted by molar-refractivity contribution is -0.121. The molecule has 0 spiro atoms. The van der Waals surface area contributed by atoms with Crippen molar-refractivity contribution >= 4 is 22.5 Å². The number of benzene rings is 3. The van der Waals surface area contributed by atoms with Crippen molar-refractivity contribution in [1.82, 2.24) is 5.32 Å². The van der Waals surface area contributed by atoms with Crippen molar-refractivity contribution in [2.24, 2.45) is 0 Å². The van der Waals surface area contributed by atoms with E-state index in [0.29, 0.717) is 5.56 Å². The summed E-state index contributed by atoms with van der Waals surface area (Å²) in [5.74, 6) is -0.734. The van der Waals surface area contributed by atoms with Gasteiger partial charge in [0, 0.05) is 18.4 Å². The zero-order valence-corrected chi connectivity index (χ0v) is 14.5. The summed E-state index contributed by atoms with van der Waals surface area (Å²) >= 11 is 0. The van der Waals surface area contributed by atoms with Gasteiger partial charge in [0.2, 0.25) is 5.91 Å². The Morgan fingerprint density at radius 3 is 2.38 bits per heavy atom. The van der Waals surface area contributed by atoms with Crippen LogP contribution < -0.4 is 5.32 Å². The number of rotatable bonds is 6. The molecule has 1 atom stereocenters. The summed E-state index contributed by atoms with van der Waals surface area (Å²) in [4.78, 5) is 24.3. The quantitative estimate of drug-likeness (QED) is 0.649. The van der Waals surface area contributed by atoms with Gasteiger partial charge in [0.1, 0.15) is 5.82 Å². The molecule has 3 aromatic carbocycles. The fraction of sp³-hybridized carbons (Fsp3) is 0.182. The molecule has 0 aliphatic rings. The summed E-state index contributed by atoms with van der Waals surface area (Å²) in [6.45, 7) is 1.93. The van der Waals surface area contributed by atoms with Crippen molar-refractivity contribution in [2.45, 2.75) is 25.8 Å². The number of carbonyl (C=O) groups is 2. The molecule has 3 nitrogen and oxygen atoms in total. The molecule has 0 aliphatic heterocycles. The highest BCUT2D eigenvalue weighted by Crippen LogP contribution is 2.24. The SMILES string of the molecule is C[C@H](NC(=O)CCC(=O)c1ccc(F)cc1)c1cccc2ccccc12. The minimum Gasteiger partial charge on any atom is -0.350 e. The first-order valence-corrected chi connectivity index (χ1v) is 8.60. The molecule has 3 aromatic rings. The molecule has 0 unspecified atom stereocenters. The lowest BCUT2D eigenvalue weighted by Crippen LogP contribution is -2.27. The second kappa shape index (κ2) is 7.91. The number of Topliss-reactive ketones (excluding diaryl/α,β-unsaturated/α-hetero) is 1. The minimum absolute atomic E-state index is 0.0969. The van der Waals surface area contributed by atoms with Gasteiger partial charge in [0.05, 0.1) is 6.04 Å². The van der Waals surface area contributed by atoms with Crippen LogP contribution in [0.4, 0.5) is 4.39 Å². The number of hydrogen-bond donors (Lipinski definition) is 1. The Hall–Kier alpha value is -3.01. The second-order valence-corrected chi connectivity index (χ2v) is 6.29. The van der Waals surface area contributed by atoms with Crippen molar-refractivity contribution in [2.75, 3.05) is 0 Å². The molecule has 26 heavy (non-hydrogen) atoms. The van der Waals surface area contributed by atoms with Crippen LogP contribution in [0.3, 0.4) is 0 Å². The Labute approximate surface area is 151 Å². The third-order valence-corrected chi connectivity index (χ3v) is 4.41. The molecule has 0 bridgehead atoms. The smallest absolute Gasteiger partial charge is 0.220 e. The van der Waals surface area contributed by atoms with Crippen molar-refractivity contribution < 1.29 is 14.0 Å². The maximum Gasteiger partial charge on any atom is 0.220 e. The number of nitrogens with one attached hydrogen (secondary N) is 1. The van der Waals surface area contributed by atoms with Gasteiger partial charge in [-0.3, -0.25) is 9.59 Å². The van der Waals surface area contributed by atoms with Gasteiger partial charge in [-0.15, -0.1) is 0 Å². The molecule has 0 heterocycles. The Balaban J connectivity index is 1.60. The van der Waals surface area contributed by atoms with Crippen LogP contribution in [0.5, 0.6) is 0 Å². The Kier molecular flexibility index (Phi) is 5.42. The van der Waals surface area contributed by atoms with Crippen molar-refractivity contribution in [1.29, 1.82) is 0 Å². The average Bonchev–Trinajstić information content (AvgIpc) is 2.66. The van der Waals surface area contributed by atoms with Gasteiger partial charge in [-0.1, -0.05) is 42.5 Å². The molecular formula is C22H20FNO2. The van der Waals surface area contributed by atoms with E-state index in [1.807, 2.05) is 49.4 Å². The third-order valence-electron chi connectivity index (χ3n) is 4.41. The summed E-state index contributed by atoms with van der Waals surface area (Å²) in [6.07, 6.45) is 0.199. The molecule has 0 fully saturated rings. The first-order valence-electron chi connectivity index (χ1n) is 8.60. The van der Waals surface area contributed by atoms with Gasteiger partial charge in [-0.25, -0.2) is 4.39 Å². The van der Waals surface area contributed by atoms with E-state index in [4.69, 9.17) is 0 Å². The molecule has 0 aromatic heterocycles. The van der Waals surface area contributed by atoms with Crippen molar-refractivity contribution in [3.05, 3.63) is 83.7 Å². The van der Waals surface area contributed by atoms with E-state index >= 15 is 0 Å². The average molecular weight is 349 g/mol. The number of amides is 1. The predicted octanol–water partition coefficient (Wildman–Crippen LogP) is 4.82. The largest absolute Gasteiger partial charge is 0.350 e. The number of halogens is 1. The maximum atomic E-state index is 12.9. The molecular weight excluding hydrogens is 329 g/mol. The summed E-state index contributed by atoms with van der Waals surface area (Å²) in [7, 11) is 0. The standard InChI is InChI=1S/C22H20FNO2/c1-15(19-8-4-6-16-5-2-3-7-20(16)19)24-22(26)14-13-21(25)17-9-11-18(23)12-10-17/h2-12,15H,13-14H2,1H3,(H,24,26)/t15-/m0/s1. The molecule has 0 radical (unpaired) electrons. The van der Waals surface area contributed by atoms with Crippen LogP contribution in [0.25, 0.3) is 10.8 Å². The lowest BCUT2D eigenvalue weighted by Gasteiger charge is -2.16.